The van der Waals surface area contributed by atoms with E-state index in [2.05, 4.69) is 4.99 Å². The summed E-state index contributed by atoms with van der Waals surface area (Å²) >= 11 is 13.2. The van der Waals surface area contributed by atoms with E-state index < -0.39 is 0 Å². The van der Waals surface area contributed by atoms with Crippen LogP contribution in [-0.4, -0.2) is 12.2 Å². The predicted octanol–water partition coefficient (Wildman–Crippen LogP) is 4.20. The topological polar surface area (TPSA) is 38.4 Å². The van der Waals surface area contributed by atoms with E-state index in [9.17, 15) is 0 Å². The van der Waals surface area contributed by atoms with Crippen LogP contribution in [0.1, 0.15) is 19.4 Å². The molecule has 0 aliphatic heterocycles. The number of benzene rings is 1. The first-order valence-electron chi connectivity index (χ1n) is 4.92. The second kappa shape index (κ2) is 8.74. The largest absolute Gasteiger partial charge is 0.379 e. The molecule has 1 aromatic carbocycles. The number of halogens is 2. The standard InChI is InChI=1S/C9H10Cl2N2S.C2H6/c1-13-9(12)14-5-6-2-3-7(10)4-8(6)11;1-2/h2-4H,5H2,1H3,(H2,12,13);1-2H3. The Morgan fingerprint density at radius 2 is 2.00 bits per heavy atom. The molecule has 0 radical (unpaired) electrons. The minimum atomic E-state index is 0.552. The van der Waals surface area contributed by atoms with Crippen LogP contribution >= 0.6 is 35.0 Å². The number of nitrogens with two attached hydrogens (primary N) is 1. The summed E-state index contributed by atoms with van der Waals surface area (Å²) in [5.41, 5.74) is 6.55. The molecule has 90 valence electrons. The van der Waals surface area contributed by atoms with Gasteiger partial charge in [-0.2, -0.15) is 0 Å². The molecule has 1 aromatic rings. The fourth-order valence-electron chi connectivity index (χ4n) is 0.855. The maximum atomic E-state index is 5.98. The average molecular weight is 279 g/mol. The highest BCUT2D eigenvalue weighted by molar-refractivity contribution is 8.13. The Labute approximate surface area is 111 Å². The molecule has 0 spiro atoms. The van der Waals surface area contributed by atoms with Crippen LogP contribution in [0.15, 0.2) is 23.2 Å². The molecule has 0 bridgehead atoms. The van der Waals surface area contributed by atoms with Gasteiger partial charge in [0.2, 0.25) is 0 Å². The first kappa shape index (κ1) is 15.6. The molecule has 2 N–H and O–H groups in total. The SMILES string of the molecule is CC.CN=C(N)SCc1ccc(Cl)cc1Cl. The molecule has 16 heavy (non-hydrogen) atoms. The molecule has 0 aliphatic rings. The van der Waals surface area contributed by atoms with Crippen molar-refractivity contribution < 1.29 is 0 Å². The number of thioether (sulfide) groups is 1. The van der Waals surface area contributed by atoms with Crippen LogP contribution in [0.5, 0.6) is 0 Å². The molecular weight excluding hydrogens is 263 g/mol. The maximum Gasteiger partial charge on any atom is 0.153 e. The van der Waals surface area contributed by atoms with Crippen molar-refractivity contribution in [3.05, 3.63) is 33.8 Å². The summed E-state index contributed by atoms with van der Waals surface area (Å²) in [4.78, 5) is 3.84. The van der Waals surface area contributed by atoms with Crippen molar-refractivity contribution in [3.63, 3.8) is 0 Å². The number of amidine groups is 1. The van der Waals surface area contributed by atoms with E-state index in [0.717, 1.165) is 5.56 Å². The van der Waals surface area contributed by atoms with E-state index in [-0.39, 0.29) is 0 Å². The summed E-state index contributed by atoms with van der Waals surface area (Å²) in [7, 11) is 1.66. The molecule has 0 aliphatic carbocycles. The molecule has 0 saturated heterocycles. The average Bonchev–Trinajstić information content (AvgIpc) is 2.30. The summed E-state index contributed by atoms with van der Waals surface area (Å²) in [5, 5.41) is 1.85. The molecule has 0 amide bonds. The molecule has 0 unspecified atom stereocenters. The van der Waals surface area contributed by atoms with E-state index in [4.69, 9.17) is 28.9 Å². The van der Waals surface area contributed by atoms with Gasteiger partial charge in [0.05, 0.1) is 0 Å². The summed E-state index contributed by atoms with van der Waals surface area (Å²) in [6.45, 7) is 4.00. The summed E-state index contributed by atoms with van der Waals surface area (Å²) < 4.78 is 0. The summed E-state index contributed by atoms with van der Waals surface area (Å²) in [6, 6.07) is 5.42. The highest BCUT2D eigenvalue weighted by Gasteiger charge is 2.02. The fourth-order valence-corrected chi connectivity index (χ4v) is 2.09. The van der Waals surface area contributed by atoms with Crippen LogP contribution in [0.2, 0.25) is 10.0 Å². The van der Waals surface area contributed by atoms with Crippen molar-refractivity contribution in [2.75, 3.05) is 7.05 Å². The minimum Gasteiger partial charge on any atom is -0.379 e. The van der Waals surface area contributed by atoms with Crippen molar-refractivity contribution in [3.8, 4) is 0 Å². The summed E-state index contributed by atoms with van der Waals surface area (Å²) in [5.74, 6) is 0.708. The van der Waals surface area contributed by atoms with Crippen molar-refractivity contribution in [1.29, 1.82) is 0 Å². The Hall–Kier alpha value is -0.380. The Morgan fingerprint density at radius 3 is 2.50 bits per heavy atom. The Bertz CT molecular complexity index is 354. The van der Waals surface area contributed by atoms with Gasteiger partial charge in [-0.05, 0) is 17.7 Å². The predicted molar refractivity (Wildman–Crippen MR) is 76.7 cm³/mol. The van der Waals surface area contributed by atoms with Crippen LogP contribution < -0.4 is 5.73 Å². The monoisotopic (exact) mass is 278 g/mol. The number of hydrogen-bond acceptors (Lipinski definition) is 2. The van der Waals surface area contributed by atoms with Gasteiger partial charge in [0.25, 0.3) is 0 Å². The maximum absolute atomic E-state index is 5.98. The van der Waals surface area contributed by atoms with Gasteiger partial charge in [0.1, 0.15) is 0 Å². The van der Waals surface area contributed by atoms with Gasteiger partial charge < -0.3 is 5.73 Å². The van der Waals surface area contributed by atoms with Crippen LogP contribution in [0.3, 0.4) is 0 Å². The van der Waals surface area contributed by atoms with Gasteiger partial charge in [-0.25, -0.2) is 0 Å². The third-order valence-corrected chi connectivity index (χ3v) is 3.13. The van der Waals surface area contributed by atoms with E-state index in [1.165, 1.54) is 11.8 Å². The number of rotatable bonds is 2. The van der Waals surface area contributed by atoms with E-state index >= 15 is 0 Å². The molecule has 0 fully saturated rings. The Morgan fingerprint density at radius 1 is 1.38 bits per heavy atom. The van der Waals surface area contributed by atoms with Crippen molar-refractivity contribution >= 4 is 40.1 Å². The lowest BCUT2D eigenvalue weighted by atomic mass is 10.2. The molecule has 0 atom stereocenters. The normalized spacial score (nSPS) is 10.7. The van der Waals surface area contributed by atoms with Gasteiger partial charge in [0, 0.05) is 22.8 Å². The number of hydrogen-bond donors (Lipinski definition) is 1. The highest BCUT2D eigenvalue weighted by atomic mass is 35.5. The molecule has 0 heterocycles. The van der Waals surface area contributed by atoms with E-state index in [0.29, 0.717) is 21.0 Å². The highest BCUT2D eigenvalue weighted by Crippen LogP contribution is 2.24. The molecule has 0 aromatic heterocycles. The van der Waals surface area contributed by atoms with Crippen molar-refractivity contribution in [2.45, 2.75) is 19.6 Å². The Balaban J connectivity index is 0.00000106. The Kier molecular flexibility index (Phi) is 8.53. The zero-order chi connectivity index (χ0) is 12.6. The lowest BCUT2D eigenvalue weighted by Gasteiger charge is -2.03. The van der Waals surface area contributed by atoms with E-state index in [1.54, 1.807) is 13.1 Å². The van der Waals surface area contributed by atoms with Crippen molar-refractivity contribution in [2.24, 2.45) is 10.7 Å². The smallest absolute Gasteiger partial charge is 0.153 e. The van der Waals surface area contributed by atoms with Gasteiger partial charge in [-0.1, -0.05) is 54.9 Å². The minimum absolute atomic E-state index is 0.552. The van der Waals surface area contributed by atoms with Gasteiger partial charge in [-0.3, -0.25) is 4.99 Å². The van der Waals surface area contributed by atoms with Crippen LogP contribution in [0, 0.1) is 0 Å². The molecule has 1 rings (SSSR count). The first-order valence-corrected chi connectivity index (χ1v) is 6.66. The second-order valence-corrected chi connectivity index (χ2v) is 4.43. The molecule has 0 saturated carbocycles. The third kappa shape index (κ3) is 5.64. The first-order chi connectivity index (χ1) is 7.63. The quantitative estimate of drug-likeness (QED) is 0.651. The zero-order valence-electron chi connectivity index (χ0n) is 9.63. The van der Waals surface area contributed by atoms with Gasteiger partial charge in [-0.15, -0.1) is 0 Å². The number of aliphatic imine (C=N–C) groups is 1. The molecule has 2 nitrogen and oxygen atoms in total. The lowest BCUT2D eigenvalue weighted by Crippen LogP contribution is -2.06. The van der Waals surface area contributed by atoms with Crippen LogP contribution in [0.4, 0.5) is 0 Å². The fraction of sp³-hybridized carbons (Fsp3) is 0.364. The van der Waals surface area contributed by atoms with Crippen LogP contribution in [-0.2, 0) is 5.75 Å². The van der Waals surface area contributed by atoms with Gasteiger partial charge in [0.15, 0.2) is 5.17 Å². The lowest BCUT2D eigenvalue weighted by molar-refractivity contribution is 1.41. The molecular formula is C11H16Cl2N2S. The van der Waals surface area contributed by atoms with Crippen molar-refractivity contribution in [1.82, 2.24) is 0 Å². The summed E-state index contributed by atoms with van der Waals surface area (Å²) in [6.07, 6.45) is 0. The third-order valence-electron chi connectivity index (χ3n) is 1.61. The number of nitrogens with zero attached hydrogens (tertiary/aromatic N) is 1. The molecule has 5 heteroatoms. The van der Waals surface area contributed by atoms with Crippen LogP contribution in [0.25, 0.3) is 0 Å². The zero-order valence-corrected chi connectivity index (χ0v) is 12.0. The van der Waals surface area contributed by atoms with Gasteiger partial charge >= 0.3 is 0 Å². The second-order valence-electron chi connectivity index (χ2n) is 2.59. The van der Waals surface area contributed by atoms with E-state index in [1.807, 2.05) is 26.0 Å².